The molecule has 1 radical (unpaired) electrons. The highest BCUT2D eigenvalue weighted by molar-refractivity contribution is 5.85. The molecule has 1 aromatic carbocycles. The van der Waals surface area contributed by atoms with Crippen molar-refractivity contribution in [2.75, 3.05) is 7.11 Å². The standard InChI is InChI=1S/C12H12NO2/c1-9-7-13(8-12(14)15-2)11-6-4-3-5-10(9)11/h3-7H,1,8H2,2H3. The normalized spacial score (nSPS) is 10.5. The van der Waals surface area contributed by atoms with E-state index in [-0.39, 0.29) is 12.5 Å². The first-order chi connectivity index (χ1) is 7.22. The number of rotatable bonds is 2. The number of hydrogen-bond acceptors (Lipinski definition) is 2. The molecule has 15 heavy (non-hydrogen) atoms. The second-order valence-electron chi connectivity index (χ2n) is 3.38. The van der Waals surface area contributed by atoms with Gasteiger partial charge in [0.15, 0.2) is 0 Å². The van der Waals surface area contributed by atoms with Gasteiger partial charge in [-0.15, -0.1) is 0 Å². The smallest absolute Gasteiger partial charge is 0.325 e. The average molecular weight is 202 g/mol. The third kappa shape index (κ3) is 1.73. The number of carbonyl (C=O) groups is 1. The van der Waals surface area contributed by atoms with Crippen LogP contribution in [0.25, 0.3) is 10.9 Å². The molecule has 0 aliphatic rings. The van der Waals surface area contributed by atoms with E-state index in [1.54, 1.807) is 0 Å². The maximum Gasteiger partial charge on any atom is 0.325 e. The van der Waals surface area contributed by atoms with Crippen molar-refractivity contribution in [2.45, 2.75) is 6.54 Å². The summed E-state index contributed by atoms with van der Waals surface area (Å²) in [7, 11) is 1.39. The summed E-state index contributed by atoms with van der Waals surface area (Å²) in [4.78, 5) is 11.2. The van der Waals surface area contributed by atoms with Gasteiger partial charge in [-0.05, 0) is 18.6 Å². The highest BCUT2D eigenvalue weighted by Crippen LogP contribution is 2.20. The Labute approximate surface area is 88.3 Å². The van der Waals surface area contributed by atoms with E-state index in [1.165, 1.54) is 7.11 Å². The quantitative estimate of drug-likeness (QED) is 0.697. The Balaban J connectivity index is 2.48. The lowest BCUT2D eigenvalue weighted by Gasteiger charge is -2.02. The van der Waals surface area contributed by atoms with Crippen molar-refractivity contribution in [1.29, 1.82) is 0 Å². The number of hydrogen-bond donors (Lipinski definition) is 0. The van der Waals surface area contributed by atoms with Gasteiger partial charge in [0.1, 0.15) is 6.54 Å². The van der Waals surface area contributed by atoms with Crippen LogP contribution >= 0.6 is 0 Å². The second-order valence-corrected chi connectivity index (χ2v) is 3.38. The van der Waals surface area contributed by atoms with Gasteiger partial charge in [0, 0.05) is 17.1 Å². The minimum Gasteiger partial charge on any atom is -0.468 e. The highest BCUT2D eigenvalue weighted by Gasteiger charge is 2.07. The van der Waals surface area contributed by atoms with Crippen LogP contribution in [0.4, 0.5) is 0 Å². The van der Waals surface area contributed by atoms with Crippen LogP contribution in [-0.2, 0) is 16.1 Å². The largest absolute Gasteiger partial charge is 0.468 e. The van der Waals surface area contributed by atoms with Crippen molar-refractivity contribution in [3.8, 4) is 0 Å². The lowest BCUT2D eigenvalue weighted by Crippen LogP contribution is -2.10. The molecule has 0 fully saturated rings. The molecule has 0 bridgehead atoms. The van der Waals surface area contributed by atoms with Crippen molar-refractivity contribution < 1.29 is 9.53 Å². The van der Waals surface area contributed by atoms with Gasteiger partial charge in [0.05, 0.1) is 7.11 Å². The Kier molecular flexibility index (Phi) is 2.46. The van der Waals surface area contributed by atoms with Crippen LogP contribution < -0.4 is 0 Å². The summed E-state index contributed by atoms with van der Waals surface area (Å²) in [5, 5.41) is 1.07. The molecule has 3 nitrogen and oxygen atoms in total. The van der Waals surface area contributed by atoms with E-state index in [9.17, 15) is 4.79 Å². The summed E-state index contributed by atoms with van der Waals surface area (Å²) in [5.74, 6) is -0.254. The molecule has 77 valence electrons. The van der Waals surface area contributed by atoms with Gasteiger partial charge >= 0.3 is 5.97 Å². The molecule has 0 saturated heterocycles. The Bertz CT molecular complexity index is 499. The fourth-order valence-electron chi connectivity index (χ4n) is 1.66. The molecular formula is C12H12NO2. The molecule has 0 amide bonds. The van der Waals surface area contributed by atoms with Crippen molar-refractivity contribution in [2.24, 2.45) is 0 Å². The zero-order valence-electron chi connectivity index (χ0n) is 8.56. The van der Waals surface area contributed by atoms with Crippen LogP contribution in [0, 0.1) is 6.92 Å². The van der Waals surface area contributed by atoms with Crippen molar-refractivity contribution in [3.05, 3.63) is 42.9 Å². The first kappa shape index (κ1) is 9.77. The molecule has 2 aromatic rings. The summed E-state index contributed by atoms with van der Waals surface area (Å²) in [6.45, 7) is 4.16. The van der Waals surface area contributed by atoms with Crippen LogP contribution in [0.5, 0.6) is 0 Å². The molecule has 1 heterocycles. The molecule has 0 N–H and O–H groups in total. The van der Waals surface area contributed by atoms with Crippen molar-refractivity contribution in [1.82, 2.24) is 4.57 Å². The van der Waals surface area contributed by atoms with Crippen molar-refractivity contribution in [3.63, 3.8) is 0 Å². The van der Waals surface area contributed by atoms with Crippen LogP contribution in [-0.4, -0.2) is 17.6 Å². The number of methoxy groups -OCH3 is 1. The van der Waals surface area contributed by atoms with E-state index >= 15 is 0 Å². The topological polar surface area (TPSA) is 31.2 Å². The minimum atomic E-state index is -0.254. The molecule has 0 atom stereocenters. The van der Waals surface area contributed by atoms with Gasteiger partial charge in [-0.3, -0.25) is 4.79 Å². The van der Waals surface area contributed by atoms with E-state index < -0.39 is 0 Å². The van der Waals surface area contributed by atoms with Crippen molar-refractivity contribution >= 4 is 16.9 Å². The molecule has 0 unspecified atom stereocenters. The molecule has 3 heteroatoms. The van der Waals surface area contributed by atoms with Crippen LogP contribution in [0.2, 0.25) is 0 Å². The Morgan fingerprint density at radius 2 is 2.20 bits per heavy atom. The third-order valence-corrected chi connectivity index (χ3v) is 2.40. The molecule has 0 spiro atoms. The molecule has 1 aromatic heterocycles. The zero-order chi connectivity index (χ0) is 10.8. The second kappa shape index (κ2) is 3.77. The van der Waals surface area contributed by atoms with Crippen LogP contribution in [0.1, 0.15) is 5.56 Å². The van der Waals surface area contributed by atoms with E-state index in [2.05, 4.69) is 11.7 Å². The van der Waals surface area contributed by atoms with Gasteiger partial charge in [-0.25, -0.2) is 0 Å². The van der Waals surface area contributed by atoms with Crippen LogP contribution in [0.15, 0.2) is 30.5 Å². The predicted molar refractivity (Wildman–Crippen MR) is 58.4 cm³/mol. The fraction of sp³-hybridized carbons (Fsp3) is 0.167. The number of aromatic nitrogens is 1. The Morgan fingerprint density at radius 1 is 1.47 bits per heavy atom. The molecule has 2 rings (SSSR count). The van der Waals surface area contributed by atoms with Gasteiger partial charge < -0.3 is 9.30 Å². The summed E-state index contributed by atoms with van der Waals surface area (Å²) in [6.07, 6.45) is 1.86. The van der Waals surface area contributed by atoms with E-state index in [4.69, 9.17) is 0 Å². The first-order valence-corrected chi connectivity index (χ1v) is 4.69. The van der Waals surface area contributed by atoms with E-state index in [0.29, 0.717) is 0 Å². The number of benzene rings is 1. The fourth-order valence-corrected chi connectivity index (χ4v) is 1.66. The number of ether oxygens (including phenoxy) is 1. The molecule has 0 saturated carbocycles. The van der Waals surface area contributed by atoms with E-state index in [1.807, 2.05) is 35.0 Å². The highest BCUT2D eigenvalue weighted by atomic mass is 16.5. The number of carbonyl (C=O) groups excluding carboxylic acids is 1. The van der Waals surface area contributed by atoms with Crippen LogP contribution in [0.3, 0.4) is 0 Å². The summed E-state index contributed by atoms with van der Waals surface area (Å²) < 4.78 is 6.48. The summed E-state index contributed by atoms with van der Waals surface area (Å²) in [5.41, 5.74) is 1.93. The number of esters is 1. The molecule has 0 aliphatic carbocycles. The number of fused-ring (bicyclic) bond motifs is 1. The Hall–Kier alpha value is -1.77. The Morgan fingerprint density at radius 3 is 2.93 bits per heavy atom. The van der Waals surface area contributed by atoms with Gasteiger partial charge in [0.25, 0.3) is 0 Å². The third-order valence-electron chi connectivity index (χ3n) is 2.40. The van der Waals surface area contributed by atoms with Gasteiger partial charge in [-0.2, -0.15) is 0 Å². The lowest BCUT2D eigenvalue weighted by molar-refractivity contribution is -0.141. The van der Waals surface area contributed by atoms with E-state index in [0.717, 1.165) is 16.5 Å². The SMILES string of the molecule is [CH2]c1cn(CC(=O)OC)c2ccccc12. The maximum absolute atomic E-state index is 11.2. The molecular weight excluding hydrogens is 190 g/mol. The minimum absolute atomic E-state index is 0.229. The number of para-hydroxylation sites is 1. The van der Waals surface area contributed by atoms with Gasteiger partial charge in [-0.1, -0.05) is 18.2 Å². The lowest BCUT2D eigenvalue weighted by atomic mass is 10.2. The summed E-state index contributed by atoms with van der Waals surface area (Å²) in [6, 6.07) is 7.85. The maximum atomic E-state index is 11.2. The monoisotopic (exact) mass is 202 g/mol. The average Bonchev–Trinajstić information content (AvgIpc) is 2.57. The zero-order valence-corrected chi connectivity index (χ0v) is 8.56. The van der Waals surface area contributed by atoms with Gasteiger partial charge in [0.2, 0.25) is 0 Å². The summed E-state index contributed by atoms with van der Waals surface area (Å²) >= 11 is 0. The number of nitrogens with zero attached hydrogens (tertiary/aromatic N) is 1. The first-order valence-electron chi connectivity index (χ1n) is 4.69. The predicted octanol–water partition coefficient (Wildman–Crippen LogP) is 2.00. The molecule has 0 aliphatic heterocycles.